The van der Waals surface area contributed by atoms with Crippen molar-refractivity contribution in [3.05, 3.63) is 35.6 Å². The molecule has 1 unspecified atom stereocenters. The van der Waals surface area contributed by atoms with Crippen LogP contribution >= 0.6 is 0 Å². The van der Waals surface area contributed by atoms with Gasteiger partial charge in [-0.05, 0) is 24.6 Å². The number of nitrogens with one attached hydrogen (secondary N) is 1. The molecular weight excluding hydrogens is 219 g/mol. The zero-order chi connectivity index (χ0) is 12.7. The molecule has 4 heteroatoms. The summed E-state index contributed by atoms with van der Waals surface area (Å²) in [5, 5.41) is 2.81. The number of amides is 1. The number of rotatable bonds is 6. The summed E-state index contributed by atoms with van der Waals surface area (Å²) in [6.45, 7) is 2.49. The number of benzene rings is 1. The van der Waals surface area contributed by atoms with Gasteiger partial charge >= 0.3 is 0 Å². The first-order chi connectivity index (χ1) is 8.17. The summed E-state index contributed by atoms with van der Waals surface area (Å²) in [6, 6.07) is 5.61. The smallest absolute Gasteiger partial charge is 0.251 e. The van der Waals surface area contributed by atoms with E-state index in [1.807, 2.05) is 0 Å². The first-order valence-corrected chi connectivity index (χ1v) is 5.94. The lowest BCUT2D eigenvalue weighted by Crippen LogP contribution is -2.40. The summed E-state index contributed by atoms with van der Waals surface area (Å²) in [4.78, 5) is 11.8. The van der Waals surface area contributed by atoms with E-state index in [2.05, 4.69) is 12.2 Å². The Balaban J connectivity index is 2.58. The van der Waals surface area contributed by atoms with Crippen molar-refractivity contribution in [2.24, 2.45) is 5.73 Å². The van der Waals surface area contributed by atoms with Crippen LogP contribution in [0.25, 0.3) is 0 Å². The maximum atomic E-state index is 12.9. The lowest BCUT2D eigenvalue weighted by atomic mass is 10.1. The van der Waals surface area contributed by atoms with Crippen molar-refractivity contribution in [1.29, 1.82) is 0 Å². The van der Waals surface area contributed by atoms with Gasteiger partial charge < -0.3 is 11.1 Å². The molecule has 0 saturated carbocycles. The highest BCUT2D eigenvalue weighted by Gasteiger charge is 2.12. The highest BCUT2D eigenvalue weighted by atomic mass is 19.1. The molecule has 0 radical (unpaired) electrons. The van der Waals surface area contributed by atoms with Gasteiger partial charge in [0.05, 0.1) is 0 Å². The Hall–Kier alpha value is -1.42. The molecule has 0 aliphatic rings. The van der Waals surface area contributed by atoms with Crippen molar-refractivity contribution in [3.8, 4) is 0 Å². The molecule has 3 N–H and O–H groups in total. The van der Waals surface area contributed by atoms with Gasteiger partial charge in [0.2, 0.25) is 0 Å². The normalized spacial score (nSPS) is 12.2. The average Bonchev–Trinajstić information content (AvgIpc) is 2.34. The molecule has 0 heterocycles. The zero-order valence-electron chi connectivity index (χ0n) is 10.1. The van der Waals surface area contributed by atoms with Crippen molar-refractivity contribution < 1.29 is 9.18 Å². The topological polar surface area (TPSA) is 55.1 Å². The van der Waals surface area contributed by atoms with E-state index >= 15 is 0 Å². The first kappa shape index (κ1) is 13.6. The van der Waals surface area contributed by atoms with Crippen LogP contribution in [0.15, 0.2) is 24.3 Å². The molecule has 1 aromatic rings. The number of carbonyl (C=O) groups is 1. The summed E-state index contributed by atoms with van der Waals surface area (Å²) in [7, 11) is 0. The number of carbonyl (C=O) groups excluding carboxylic acids is 1. The van der Waals surface area contributed by atoms with E-state index in [0.717, 1.165) is 19.3 Å². The van der Waals surface area contributed by atoms with E-state index in [4.69, 9.17) is 5.73 Å². The highest BCUT2D eigenvalue weighted by molar-refractivity contribution is 5.94. The number of hydrogen-bond donors (Lipinski definition) is 2. The van der Waals surface area contributed by atoms with E-state index in [1.54, 1.807) is 6.07 Å². The minimum atomic E-state index is -0.407. The Morgan fingerprint density at radius 2 is 2.29 bits per heavy atom. The number of unbranched alkanes of at least 4 members (excludes halogenated alkanes) is 1. The lowest BCUT2D eigenvalue weighted by Gasteiger charge is -2.16. The minimum Gasteiger partial charge on any atom is -0.348 e. The largest absolute Gasteiger partial charge is 0.348 e. The lowest BCUT2D eigenvalue weighted by molar-refractivity contribution is 0.0935. The van der Waals surface area contributed by atoms with Crippen LogP contribution in [0.1, 0.15) is 36.5 Å². The third kappa shape index (κ3) is 4.53. The van der Waals surface area contributed by atoms with Gasteiger partial charge in [-0.15, -0.1) is 0 Å². The van der Waals surface area contributed by atoms with E-state index < -0.39 is 5.82 Å². The molecule has 1 atom stereocenters. The van der Waals surface area contributed by atoms with Gasteiger partial charge in [0.25, 0.3) is 5.91 Å². The van der Waals surface area contributed by atoms with Crippen molar-refractivity contribution in [1.82, 2.24) is 5.32 Å². The van der Waals surface area contributed by atoms with Crippen LogP contribution in [0.2, 0.25) is 0 Å². The van der Waals surface area contributed by atoms with Crippen molar-refractivity contribution >= 4 is 5.91 Å². The maximum Gasteiger partial charge on any atom is 0.251 e. The Kier molecular flexibility index (Phi) is 5.63. The summed E-state index contributed by atoms with van der Waals surface area (Å²) >= 11 is 0. The summed E-state index contributed by atoms with van der Waals surface area (Å²) in [5.74, 6) is -0.674. The third-order valence-electron chi connectivity index (χ3n) is 2.61. The molecule has 17 heavy (non-hydrogen) atoms. The van der Waals surface area contributed by atoms with Crippen molar-refractivity contribution in [2.75, 3.05) is 6.54 Å². The summed E-state index contributed by atoms with van der Waals surface area (Å²) in [6.07, 6.45) is 2.94. The fraction of sp³-hybridized carbons (Fsp3) is 0.462. The molecule has 1 amide bonds. The Bertz CT molecular complexity index is 368. The number of halogens is 1. The predicted molar refractivity (Wildman–Crippen MR) is 66.2 cm³/mol. The van der Waals surface area contributed by atoms with Gasteiger partial charge in [0, 0.05) is 18.2 Å². The molecule has 0 saturated heterocycles. The fourth-order valence-corrected chi connectivity index (χ4v) is 1.60. The molecule has 1 rings (SSSR count). The quantitative estimate of drug-likeness (QED) is 0.797. The van der Waals surface area contributed by atoms with Crippen LogP contribution in [0, 0.1) is 5.82 Å². The first-order valence-electron chi connectivity index (χ1n) is 5.94. The fourth-order valence-electron chi connectivity index (χ4n) is 1.60. The van der Waals surface area contributed by atoms with E-state index in [9.17, 15) is 9.18 Å². The van der Waals surface area contributed by atoms with E-state index in [1.165, 1.54) is 18.2 Å². The zero-order valence-corrected chi connectivity index (χ0v) is 10.1. The summed E-state index contributed by atoms with van der Waals surface area (Å²) in [5.41, 5.74) is 5.91. The average molecular weight is 238 g/mol. The second kappa shape index (κ2) is 7.01. The van der Waals surface area contributed by atoms with Crippen LogP contribution in [-0.2, 0) is 0 Å². The van der Waals surface area contributed by atoms with Gasteiger partial charge in [-0.25, -0.2) is 4.39 Å². The Morgan fingerprint density at radius 3 is 2.88 bits per heavy atom. The van der Waals surface area contributed by atoms with Gasteiger partial charge in [0.1, 0.15) is 5.82 Å². The predicted octanol–water partition coefficient (Wildman–Crippen LogP) is 2.07. The summed E-state index contributed by atoms with van der Waals surface area (Å²) < 4.78 is 12.9. The second-order valence-corrected chi connectivity index (χ2v) is 4.06. The van der Waals surface area contributed by atoms with Gasteiger partial charge in [-0.3, -0.25) is 4.79 Å². The van der Waals surface area contributed by atoms with Crippen LogP contribution in [0.5, 0.6) is 0 Å². The molecule has 1 aromatic carbocycles. The van der Waals surface area contributed by atoms with E-state index in [-0.39, 0.29) is 11.9 Å². The van der Waals surface area contributed by atoms with Gasteiger partial charge in [-0.2, -0.15) is 0 Å². The van der Waals surface area contributed by atoms with Crippen molar-refractivity contribution in [3.63, 3.8) is 0 Å². The molecule has 3 nitrogen and oxygen atoms in total. The van der Waals surface area contributed by atoms with Crippen LogP contribution in [0.3, 0.4) is 0 Å². The van der Waals surface area contributed by atoms with E-state index in [0.29, 0.717) is 12.1 Å². The molecule has 94 valence electrons. The monoisotopic (exact) mass is 238 g/mol. The number of nitrogens with two attached hydrogens (primary N) is 1. The van der Waals surface area contributed by atoms with Crippen molar-refractivity contribution in [2.45, 2.75) is 32.2 Å². The minimum absolute atomic E-state index is 0.0364. The maximum absolute atomic E-state index is 12.9. The molecule has 0 bridgehead atoms. The Labute approximate surface area is 101 Å². The van der Waals surface area contributed by atoms with Crippen LogP contribution in [0.4, 0.5) is 4.39 Å². The molecule has 0 fully saturated rings. The Morgan fingerprint density at radius 1 is 1.53 bits per heavy atom. The second-order valence-electron chi connectivity index (χ2n) is 4.06. The van der Waals surface area contributed by atoms with Gasteiger partial charge in [0.15, 0.2) is 0 Å². The van der Waals surface area contributed by atoms with Crippen LogP contribution in [-0.4, -0.2) is 18.5 Å². The highest BCUT2D eigenvalue weighted by Crippen LogP contribution is 2.05. The molecular formula is C13H19FN2O. The third-order valence-corrected chi connectivity index (χ3v) is 2.61. The van der Waals surface area contributed by atoms with Crippen LogP contribution < -0.4 is 11.1 Å². The SMILES string of the molecule is CCCCC(CN)NC(=O)c1cccc(F)c1. The molecule has 0 spiro atoms. The standard InChI is InChI=1S/C13H19FN2O/c1-2-3-7-12(9-15)16-13(17)10-5-4-6-11(14)8-10/h4-6,8,12H,2-3,7,9,15H2,1H3,(H,16,17). The molecule has 0 aliphatic carbocycles. The van der Waals surface area contributed by atoms with Gasteiger partial charge in [-0.1, -0.05) is 25.8 Å². The molecule has 0 aliphatic heterocycles. The molecule has 0 aromatic heterocycles. The number of hydrogen-bond acceptors (Lipinski definition) is 2.